The second-order valence-corrected chi connectivity index (χ2v) is 3.34. The number of hydrogen-bond donors (Lipinski definition) is 2. The number of rotatable bonds is 2. The average Bonchev–Trinajstić information content (AvgIpc) is 1.93. The van der Waals surface area contributed by atoms with Gasteiger partial charge < -0.3 is 10.2 Å². The van der Waals surface area contributed by atoms with Crippen LogP contribution in [0, 0.1) is 0 Å². The van der Waals surface area contributed by atoms with Gasteiger partial charge in [-0.1, -0.05) is 11.6 Å². The Bertz CT molecular complexity index is 150. The molecule has 0 aromatic rings. The number of aliphatic hydroxyl groups excluding tert-OH is 2. The van der Waals surface area contributed by atoms with E-state index in [1.54, 1.807) is 6.92 Å². The molecule has 0 heterocycles. The molecule has 0 fully saturated rings. The van der Waals surface area contributed by atoms with Crippen molar-refractivity contribution >= 4 is 0 Å². The van der Waals surface area contributed by atoms with Gasteiger partial charge >= 0.3 is 0 Å². The van der Waals surface area contributed by atoms with Gasteiger partial charge in [0.1, 0.15) is 0 Å². The molecular weight excluding hydrogens is 140 g/mol. The van der Waals surface area contributed by atoms with Crippen LogP contribution in [0.5, 0.6) is 0 Å². The van der Waals surface area contributed by atoms with Gasteiger partial charge in [-0.15, -0.1) is 0 Å². The minimum Gasteiger partial charge on any atom is -0.393 e. The fourth-order valence-corrected chi connectivity index (χ4v) is 1.44. The molecule has 1 aliphatic rings. The first-order chi connectivity index (χ1) is 5.18. The van der Waals surface area contributed by atoms with Crippen LogP contribution in [-0.4, -0.2) is 22.4 Å². The molecule has 0 unspecified atom stereocenters. The van der Waals surface area contributed by atoms with Crippen LogP contribution in [0.4, 0.5) is 0 Å². The molecule has 0 spiro atoms. The maximum atomic E-state index is 9.15. The number of aliphatic hydroxyl groups is 2. The van der Waals surface area contributed by atoms with E-state index in [2.05, 4.69) is 6.08 Å². The van der Waals surface area contributed by atoms with E-state index in [0.717, 1.165) is 25.7 Å². The van der Waals surface area contributed by atoms with Crippen LogP contribution in [-0.2, 0) is 0 Å². The summed E-state index contributed by atoms with van der Waals surface area (Å²) in [5.74, 6) is 0. The molecule has 0 saturated heterocycles. The Morgan fingerprint density at radius 2 is 2.45 bits per heavy atom. The molecule has 2 heteroatoms. The third-order valence-electron chi connectivity index (χ3n) is 2.03. The van der Waals surface area contributed by atoms with Crippen molar-refractivity contribution in [1.29, 1.82) is 0 Å². The summed E-state index contributed by atoms with van der Waals surface area (Å²) < 4.78 is 0. The van der Waals surface area contributed by atoms with Gasteiger partial charge in [0, 0.05) is 0 Å². The second-order valence-electron chi connectivity index (χ2n) is 3.34. The Morgan fingerprint density at radius 1 is 1.73 bits per heavy atom. The summed E-state index contributed by atoms with van der Waals surface area (Å²) in [7, 11) is 0. The van der Waals surface area contributed by atoms with Gasteiger partial charge in [0.25, 0.3) is 0 Å². The molecule has 64 valence electrons. The Morgan fingerprint density at radius 3 is 2.91 bits per heavy atom. The van der Waals surface area contributed by atoms with E-state index in [-0.39, 0.29) is 12.2 Å². The fraction of sp³-hybridized carbons (Fsp3) is 0.778. The summed E-state index contributed by atoms with van der Waals surface area (Å²) in [6.07, 6.45) is 5.02. The molecule has 0 radical (unpaired) electrons. The summed E-state index contributed by atoms with van der Waals surface area (Å²) in [6.45, 7) is 1.80. The largest absolute Gasteiger partial charge is 0.393 e. The third-order valence-corrected chi connectivity index (χ3v) is 2.03. The minimum atomic E-state index is -0.239. The van der Waals surface area contributed by atoms with Crippen LogP contribution in [0.3, 0.4) is 0 Å². The Balaban J connectivity index is 2.35. The van der Waals surface area contributed by atoms with Gasteiger partial charge in [0.05, 0.1) is 12.2 Å². The summed E-state index contributed by atoms with van der Waals surface area (Å²) in [5, 5.41) is 18.2. The van der Waals surface area contributed by atoms with Crippen molar-refractivity contribution in [3.63, 3.8) is 0 Å². The first kappa shape index (κ1) is 8.75. The van der Waals surface area contributed by atoms with E-state index in [1.807, 2.05) is 0 Å². The van der Waals surface area contributed by atoms with E-state index in [1.165, 1.54) is 5.57 Å². The van der Waals surface area contributed by atoms with Gasteiger partial charge in [-0.3, -0.25) is 0 Å². The van der Waals surface area contributed by atoms with E-state index in [0.29, 0.717) is 0 Å². The van der Waals surface area contributed by atoms with E-state index < -0.39 is 0 Å². The molecule has 2 atom stereocenters. The number of hydrogen-bond acceptors (Lipinski definition) is 2. The molecule has 0 saturated carbocycles. The van der Waals surface area contributed by atoms with E-state index >= 15 is 0 Å². The quantitative estimate of drug-likeness (QED) is 0.590. The van der Waals surface area contributed by atoms with Crippen molar-refractivity contribution in [3.8, 4) is 0 Å². The monoisotopic (exact) mass is 156 g/mol. The van der Waals surface area contributed by atoms with Gasteiger partial charge in [0.15, 0.2) is 0 Å². The first-order valence-electron chi connectivity index (χ1n) is 4.22. The molecule has 0 bridgehead atoms. The van der Waals surface area contributed by atoms with Crippen molar-refractivity contribution < 1.29 is 10.2 Å². The van der Waals surface area contributed by atoms with Crippen molar-refractivity contribution in [3.05, 3.63) is 11.6 Å². The molecule has 11 heavy (non-hydrogen) atoms. The van der Waals surface area contributed by atoms with Crippen LogP contribution in [0.25, 0.3) is 0 Å². The van der Waals surface area contributed by atoms with Crippen LogP contribution in [0.1, 0.15) is 32.6 Å². The average molecular weight is 156 g/mol. The van der Waals surface area contributed by atoms with E-state index in [9.17, 15) is 0 Å². The third kappa shape index (κ3) is 3.04. The van der Waals surface area contributed by atoms with Gasteiger partial charge in [0.2, 0.25) is 0 Å². The van der Waals surface area contributed by atoms with Crippen molar-refractivity contribution in [2.75, 3.05) is 0 Å². The van der Waals surface area contributed by atoms with Gasteiger partial charge in [-0.25, -0.2) is 0 Å². The standard InChI is InChI=1S/C9H16O2/c1-7(10)6-8-2-4-9(11)5-3-8/h2,7,9-11H,3-6H2,1H3/t7-,9+/m1/s1. The highest BCUT2D eigenvalue weighted by atomic mass is 16.3. The molecule has 0 aromatic carbocycles. The molecule has 0 amide bonds. The lowest BCUT2D eigenvalue weighted by Crippen LogP contribution is -2.12. The maximum Gasteiger partial charge on any atom is 0.0577 e. The smallest absolute Gasteiger partial charge is 0.0577 e. The van der Waals surface area contributed by atoms with Crippen LogP contribution in [0.15, 0.2) is 11.6 Å². The van der Waals surface area contributed by atoms with Crippen molar-refractivity contribution in [2.24, 2.45) is 0 Å². The zero-order chi connectivity index (χ0) is 8.27. The van der Waals surface area contributed by atoms with Gasteiger partial charge in [-0.05, 0) is 32.6 Å². The molecule has 2 N–H and O–H groups in total. The first-order valence-corrected chi connectivity index (χ1v) is 4.22. The Kier molecular flexibility index (Phi) is 3.09. The summed E-state index contributed by atoms with van der Waals surface area (Å²) >= 11 is 0. The normalized spacial score (nSPS) is 27.9. The van der Waals surface area contributed by atoms with Crippen LogP contribution >= 0.6 is 0 Å². The fourth-order valence-electron chi connectivity index (χ4n) is 1.44. The molecule has 1 rings (SSSR count). The highest BCUT2D eigenvalue weighted by Crippen LogP contribution is 2.21. The lowest BCUT2D eigenvalue weighted by Gasteiger charge is -2.18. The summed E-state index contributed by atoms with van der Waals surface area (Å²) in [6, 6.07) is 0. The second kappa shape index (κ2) is 3.88. The van der Waals surface area contributed by atoms with Crippen molar-refractivity contribution in [2.45, 2.75) is 44.8 Å². The minimum absolute atomic E-state index is 0.146. The molecule has 0 aromatic heterocycles. The maximum absolute atomic E-state index is 9.15. The van der Waals surface area contributed by atoms with Crippen molar-refractivity contribution in [1.82, 2.24) is 0 Å². The Hall–Kier alpha value is -0.340. The lowest BCUT2D eigenvalue weighted by atomic mass is 9.94. The lowest BCUT2D eigenvalue weighted by molar-refractivity contribution is 0.156. The molecule has 0 aliphatic heterocycles. The predicted molar refractivity (Wildman–Crippen MR) is 44.2 cm³/mol. The van der Waals surface area contributed by atoms with E-state index in [4.69, 9.17) is 10.2 Å². The molecule has 1 aliphatic carbocycles. The Labute approximate surface area is 67.6 Å². The highest BCUT2D eigenvalue weighted by molar-refractivity contribution is 5.07. The summed E-state index contributed by atoms with van der Waals surface area (Å²) in [5.41, 5.74) is 1.30. The van der Waals surface area contributed by atoms with Crippen LogP contribution < -0.4 is 0 Å². The SMILES string of the molecule is C[C@@H](O)CC1=CC[C@H](O)CC1. The molecular formula is C9H16O2. The van der Waals surface area contributed by atoms with Gasteiger partial charge in [-0.2, -0.15) is 0 Å². The van der Waals surface area contributed by atoms with Crippen LogP contribution in [0.2, 0.25) is 0 Å². The summed E-state index contributed by atoms with van der Waals surface area (Å²) in [4.78, 5) is 0. The molecule has 2 nitrogen and oxygen atoms in total. The topological polar surface area (TPSA) is 40.5 Å². The predicted octanol–water partition coefficient (Wildman–Crippen LogP) is 1.23. The highest BCUT2D eigenvalue weighted by Gasteiger charge is 2.12. The zero-order valence-electron chi connectivity index (χ0n) is 6.95. The zero-order valence-corrected chi connectivity index (χ0v) is 6.95.